The molecule has 0 atom stereocenters. The Balaban J connectivity index is 0.000000151. The van der Waals surface area contributed by atoms with Crippen LogP contribution >= 0.6 is 0 Å². The minimum atomic E-state index is -6.27. The van der Waals surface area contributed by atoms with Gasteiger partial charge < -0.3 is 63.3 Å². The van der Waals surface area contributed by atoms with Gasteiger partial charge in [-0.05, 0) is 133 Å². The van der Waals surface area contributed by atoms with E-state index in [2.05, 4.69) is 86.6 Å². The second kappa shape index (κ2) is 43.5. The highest BCUT2D eigenvalue weighted by Crippen LogP contribution is 2.36. The number of hydrogen-bond donors (Lipinski definition) is 3. The first-order chi connectivity index (χ1) is 63.8. The number of pyridine rings is 6. The summed E-state index contributed by atoms with van der Waals surface area (Å²) >= 11 is 0. The van der Waals surface area contributed by atoms with Crippen LogP contribution in [0.15, 0.2) is 209 Å². The number of aromatic hydroxyl groups is 1. The minimum Gasteiger partial charge on any atom is -0.506 e. The molecule has 2 aliphatic rings. The van der Waals surface area contributed by atoms with Gasteiger partial charge in [0.25, 0.3) is 5.56 Å². The third-order valence-electron chi connectivity index (χ3n) is 20.9. The molecule has 40 heteroatoms. The van der Waals surface area contributed by atoms with Crippen LogP contribution in [0.25, 0.3) is 44.1 Å². The van der Waals surface area contributed by atoms with E-state index in [1.54, 1.807) is 64.1 Å². The number of fused-ring (bicyclic) bond motifs is 4. The van der Waals surface area contributed by atoms with Crippen molar-refractivity contribution in [1.29, 1.82) is 0 Å². The van der Waals surface area contributed by atoms with Crippen LogP contribution in [0, 0.1) is 27.7 Å². The molecule has 2 saturated heterocycles. The number of aromatic nitrogens is 14. The topological polar surface area (TPSA) is 427 Å². The number of halogens is 3. The summed E-state index contributed by atoms with van der Waals surface area (Å²) in [6.45, 7) is 16.5. The molecule has 0 amide bonds. The predicted molar refractivity (Wildman–Crippen MR) is 481 cm³/mol. The maximum atomic E-state index is 13.7. The Morgan fingerprint density at radius 3 is 1.17 bits per heavy atom. The summed E-state index contributed by atoms with van der Waals surface area (Å²) in [4.78, 5) is 160. The van der Waals surface area contributed by atoms with Crippen molar-refractivity contribution in [2.24, 2.45) is 0 Å². The molecule has 0 bridgehead atoms. The SMILES string of the molecule is CCOC(=O)c1c(NCc2ccc(N3CCCCC3)nc2)c2c(C)ncnc2n(OCc2ccccc2)c1=O.CCOC(=O)c1c(O)c2c(C)ncnc2n(OCc2ccccc2)c1=O.CCOC(=O)c1c(OS(=O)(=O)C(F)(F)F)c2c(C)ncnc2n(OCc2ccccc2)c1=O.Cc1ncnc2c1c(NCc1ccc(N3CCCCC3)nc1)cc(=O)n2OCc1ccccc1. The van der Waals surface area contributed by atoms with Crippen molar-refractivity contribution in [3.05, 3.63) is 304 Å². The lowest BCUT2D eigenvalue weighted by molar-refractivity contribution is -0.0500. The van der Waals surface area contributed by atoms with Gasteiger partial charge in [0.1, 0.15) is 69.1 Å². The van der Waals surface area contributed by atoms with Crippen LogP contribution in [0.5, 0.6) is 11.5 Å². The van der Waals surface area contributed by atoms with E-state index in [-0.39, 0.29) is 79.7 Å². The molecule has 0 saturated carbocycles. The van der Waals surface area contributed by atoms with Gasteiger partial charge in [0.05, 0.1) is 75.5 Å². The molecule has 686 valence electrons. The number of nitrogens with zero attached hydrogens (tertiary/aromatic N) is 16. The molecule has 2 aliphatic heterocycles. The summed E-state index contributed by atoms with van der Waals surface area (Å²) in [5, 5.41) is 18.1. The first kappa shape index (κ1) is 94.1. The standard InChI is InChI=1S/C29H32N6O4.C26H28N6O2.C19H16F3N3O7S.C18H17N3O5/c1-3-38-29(37)25-26(31-17-22-12-13-23(30-16-22)34-14-8-5-9-15-34)24-20(2)32-19-33-27(24)35(28(25)36)39-18-21-10-6-4-7-11-21;1-19-25-22(27-15-21-10-11-23(28-16-21)31-12-6-3-7-13-31)14-24(33)32(26(25)30-18-29-19)34-17-20-8-4-2-5-9-20;1-3-30-18(27)14-15(32-33(28,29)19(20,21)22)13-11(2)23-10-24-16(13)25(17(14)26)31-9-12-7-5-4-6-8-12;1-3-25-18(24)14-15(22)13-11(2)19-10-20-16(13)21(17(14)23)26-9-12-7-5-4-6-8-12/h4,6-7,10-13,16,19,31H,3,5,8-9,14-15,17-18H2,1-2H3;2,4-5,8-11,14,16,18,27H,3,6-7,12-13,15,17H2,1H3;4-8,10H,3,9H2,1-2H3;4-8,10,22H,3,9H2,1-2H3. The fourth-order valence-corrected chi connectivity index (χ4v) is 14.8. The zero-order valence-electron chi connectivity index (χ0n) is 72.9. The van der Waals surface area contributed by atoms with Crippen LogP contribution in [0.4, 0.5) is 36.2 Å². The molecule has 0 spiro atoms. The van der Waals surface area contributed by atoms with Crippen molar-refractivity contribution in [2.45, 2.75) is 132 Å². The Morgan fingerprint density at radius 1 is 0.409 bits per heavy atom. The van der Waals surface area contributed by atoms with Gasteiger partial charge >= 0.3 is 50.2 Å². The monoisotopic (exact) mass is 1830 g/mol. The number of piperidine rings is 2. The largest absolute Gasteiger partial charge is 0.534 e. The Hall–Kier alpha value is -15.5. The molecule has 0 aliphatic carbocycles. The number of benzene rings is 4. The third kappa shape index (κ3) is 22.2. The molecule has 10 aromatic heterocycles. The fourth-order valence-electron chi connectivity index (χ4n) is 14.4. The number of carbonyl (C=O) groups is 3. The number of nitrogens with one attached hydrogen (secondary N) is 2. The number of rotatable bonds is 28. The zero-order chi connectivity index (χ0) is 93.6. The van der Waals surface area contributed by atoms with Crippen LogP contribution in [0.3, 0.4) is 0 Å². The highest BCUT2D eigenvalue weighted by Gasteiger charge is 2.50. The predicted octanol–water partition coefficient (Wildman–Crippen LogP) is 11.4. The van der Waals surface area contributed by atoms with Crippen LogP contribution in [0.1, 0.15) is 147 Å². The molecule has 0 radical (unpaired) electrons. The lowest BCUT2D eigenvalue weighted by Gasteiger charge is -2.27. The van der Waals surface area contributed by atoms with E-state index in [1.807, 2.05) is 122 Å². The number of aryl methyl sites for hydroxylation is 4. The van der Waals surface area contributed by atoms with E-state index in [9.17, 15) is 60.3 Å². The van der Waals surface area contributed by atoms with E-state index in [1.165, 1.54) is 76.1 Å². The summed E-state index contributed by atoms with van der Waals surface area (Å²) in [7, 11) is -6.27. The summed E-state index contributed by atoms with van der Waals surface area (Å²) in [5.74, 6) is -2.83. The summed E-state index contributed by atoms with van der Waals surface area (Å²) in [6, 6.07) is 46.6. The van der Waals surface area contributed by atoms with Crippen molar-refractivity contribution >= 4 is 95.2 Å². The number of hydrogen-bond acceptors (Lipinski definition) is 32. The third-order valence-corrected chi connectivity index (χ3v) is 21.8. The van der Waals surface area contributed by atoms with E-state index in [0.717, 1.165) is 92.5 Å². The van der Waals surface area contributed by atoms with Crippen LogP contribution in [-0.2, 0) is 63.8 Å². The maximum Gasteiger partial charge on any atom is 0.534 e. The minimum absolute atomic E-state index is 0.0604. The molecule has 4 aromatic carbocycles. The number of ether oxygens (including phenoxy) is 3. The van der Waals surface area contributed by atoms with Crippen molar-refractivity contribution < 1.29 is 78.8 Å². The van der Waals surface area contributed by atoms with Crippen molar-refractivity contribution in [3.8, 4) is 11.5 Å². The van der Waals surface area contributed by atoms with Gasteiger partial charge in [0.15, 0.2) is 45.0 Å². The van der Waals surface area contributed by atoms with Crippen molar-refractivity contribution in [2.75, 3.05) is 66.4 Å². The number of alkyl halides is 3. The van der Waals surface area contributed by atoms with E-state index in [0.29, 0.717) is 57.2 Å². The fraction of sp³-hybridized carbons (Fsp3) is 0.293. The first-order valence-electron chi connectivity index (χ1n) is 42.1. The van der Waals surface area contributed by atoms with Gasteiger partial charge in [0.2, 0.25) is 0 Å². The van der Waals surface area contributed by atoms with Crippen LogP contribution < -0.4 is 66.2 Å². The van der Waals surface area contributed by atoms with Gasteiger partial charge in [0, 0.05) is 57.7 Å². The molecule has 14 aromatic rings. The average Bonchev–Trinajstić information content (AvgIpc) is 0.746. The second-order valence-corrected chi connectivity index (χ2v) is 31.4. The van der Waals surface area contributed by atoms with Gasteiger partial charge in [-0.1, -0.05) is 133 Å². The molecule has 0 unspecified atom stereocenters. The Labute approximate surface area is 752 Å². The smallest absolute Gasteiger partial charge is 0.506 e. The van der Waals surface area contributed by atoms with Gasteiger partial charge in [-0.2, -0.15) is 21.6 Å². The normalized spacial score (nSPS) is 12.6. The van der Waals surface area contributed by atoms with E-state index in [4.69, 9.17) is 33.6 Å². The second-order valence-electron chi connectivity index (χ2n) is 29.8. The van der Waals surface area contributed by atoms with Crippen LogP contribution in [0.2, 0.25) is 0 Å². The molecule has 36 nitrogen and oxygen atoms in total. The van der Waals surface area contributed by atoms with Crippen molar-refractivity contribution in [1.82, 2.24) is 68.8 Å². The summed E-state index contributed by atoms with van der Waals surface area (Å²) in [5.41, 5.74) is -2.53. The van der Waals surface area contributed by atoms with Gasteiger partial charge in [-0.25, -0.2) is 64.2 Å². The van der Waals surface area contributed by atoms with Gasteiger partial charge in [-0.15, -0.1) is 18.9 Å². The number of anilines is 4. The first-order valence-corrected chi connectivity index (χ1v) is 43.5. The average molecular weight is 1830 g/mol. The lowest BCUT2D eigenvalue weighted by Crippen LogP contribution is -2.35. The summed E-state index contributed by atoms with van der Waals surface area (Å²) < 4.78 is 85.5. The highest BCUT2D eigenvalue weighted by atomic mass is 32.2. The lowest BCUT2D eigenvalue weighted by atomic mass is 10.1. The molecule has 16 rings (SSSR count). The van der Waals surface area contributed by atoms with E-state index < -0.39 is 83.9 Å². The Kier molecular flexibility index (Phi) is 31.0. The molecule has 3 N–H and O–H groups in total. The Bertz CT molecular complexity index is 6820. The number of carbonyl (C=O) groups excluding carboxylic acids is 3. The zero-order valence-corrected chi connectivity index (χ0v) is 73.7. The summed E-state index contributed by atoms with van der Waals surface area (Å²) in [6.07, 6.45) is 16.1. The van der Waals surface area contributed by atoms with Crippen LogP contribution in [-0.4, -0.2) is 152 Å². The molecular weight excluding hydrogens is 1730 g/mol. The number of esters is 3. The molecular formula is C92H93F3N18O18S. The quantitative estimate of drug-likeness (QED) is 0.0177. The maximum absolute atomic E-state index is 13.7. The highest BCUT2D eigenvalue weighted by molar-refractivity contribution is 7.88. The van der Waals surface area contributed by atoms with Crippen molar-refractivity contribution in [3.63, 3.8) is 0 Å². The molecule has 12 heterocycles. The van der Waals surface area contributed by atoms with Gasteiger partial charge in [-0.3, -0.25) is 19.2 Å². The van der Waals surface area contributed by atoms with E-state index >= 15 is 0 Å². The Morgan fingerprint density at radius 2 is 0.758 bits per heavy atom. The molecule has 2 fully saturated rings. The molecule has 132 heavy (non-hydrogen) atoms.